The lowest BCUT2D eigenvalue weighted by Gasteiger charge is -2.27. The Balaban J connectivity index is 1.24. The summed E-state index contributed by atoms with van der Waals surface area (Å²) in [5.41, 5.74) is 3.52. The summed E-state index contributed by atoms with van der Waals surface area (Å²) in [5, 5.41) is 10.2. The van der Waals surface area contributed by atoms with Gasteiger partial charge in [0.2, 0.25) is 5.91 Å². The predicted molar refractivity (Wildman–Crippen MR) is 129 cm³/mol. The van der Waals surface area contributed by atoms with Gasteiger partial charge in [-0.3, -0.25) is 9.36 Å². The fourth-order valence-electron chi connectivity index (χ4n) is 4.15. The summed E-state index contributed by atoms with van der Waals surface area (Å²) in [5.74, 6) is 0.568. The number of halogens is 1. The standard InChI is InChI=1S/C25H24FN5O2S/c1-2-12-31-23(15-33-22-10-6-4-8-19(22)26)28-29-25(31)34-16-24(32)30-13-11-21-18(14-30)17-7-3-5-9-20(17)27-21/h2-10,27H,1,11-16H2. The molecule has 0 unspecified atom stereocenters. The Kier molecular flexibility index (Phi) is 6.35. The van der Waals surface area contributed by atoms with Crippen LogP contribution in [0.2, 0.25) is 0 Å². The molecule has 7 nitrogen and oxygen atoms in total. The van der Waals surface area contributed by atoms with Crippen LogP contribution in [-0.4, -0.2) is 42.9 Å². The number of thioether (sulfide) groups is 1. The van der Waals surface area contributed by atoms with E-state index in [2.05, 4.69) is 33.9 Å². The molecule has 3 heterocycles. The van der Waals surface area contributed by atoms with Crippen LogP contribution in [0.3, 0.4) is 0 Å². The van der Waals surface area contributed by atoms with Crippen molar-refractivity contribution in [2.24, 2.45) is 0 Å². The van der Waals surface area contributed by atoms with Crippen molar-refractivity contribution in [3.8, 4) is 5.75 Å². The minimum absolute atomic E-state index is 0.0539. The predicted octanol–water partition coefficient (Wildman–Crippen LogP) is 4.34. The molecule has 1 amide bonds. The highest BCUT2D eigenvalue weighted by atomic mass is 32.2. The average Bonchev–Trinajstić information content (AvgIpc) is 3.42. The molecule has 0 saturated heterocycles. The van der Waals surface area contributed by atoms with Crippen LogP contribution < -0.4 is 4.74 Å². The number of ether oxygens (including phenoxy) is 1. The van der Waals surface area contributed by atoms with E-state index in [4.69, 9.17) is 4.74 Å². The van der Waals surface area contributed by atoms with Gasteiger partial charge in [0.1, 0.15) is 6.61 Å². The van der Waals surface area contributed by atoms with Gasteiger partial charge in [-0.25, -0.2) is 4.39 Å². The van der Waals surface area contributed by atoms with E-state index in [-0.39, 0.29) is 24.0 Å². The average molecular weight is 478 g/mol. The van der Waals surface area contributed by atoms with Crippen molar-refractivity contribution in [3.05, 3.63) is 84.1 Å². The molecule has 0 spiro atoms. The Morgan fingerprint density at radius 3 is 2.88 bits per heavy atom. The number of para-hydroxylation sites is 2. The molecule has 4 aromatic rings. The second kappa shape index (κ2) is 9.72. The van der Waals surface area contributed by atoms with Crippen LogP contribution in [0.1, 0.15) is 17.1 Å². The molecule has 0 aliphatic carbocycles. The summed E-state index contributed by atoms with van der Waals surface area (Å²) < 4.78 is 21.3. The summed E-state index contributed by atoms with van der Waals surface area (Å²) in [7, 11) is 0. The van der Waals surface area contributed by atoms with Crippen LogP contribution >= 0.6 is 11.8 Å². The van der Waals surface area contributed by atoms with Crippen LogP contribution in [0.5, 0.6) is 5.75 Å². The molecule has 34 heavy (non-hydrogen) atoms. The van der Waals surface area contributed by atoms with E-state index in [1.165, 1.54) is 34.5 Å². The summed E-state index contributed by atoms with van der Waals surface area (Å²) in [4.78, 5) is 18.4. The normalized spacial score (nSPS) is 13.1. The smallest absolute Gasteiger partial charge is 0.233 e. The second-order valence-corrected chi connectivity index (χ2v) is 8.94. The van der Waals surface area contributed by atoms with Crippen molar-refractivity contribution < 1.29 is 13.9 Å². The number of hydrogen-bond acceptors (Lipinski definition) is 5. The van der Waals surface area contributed by atoms with Gasteiger partial charge in [0, 0.05) is 48.2 Å². The van der Waals surface area contributed by atoms with Crippen molar-refractivity contribution in [2.75, 3.05) is 12.3 Å². The maximum Gasteiger partial charge on any atom is 0.233 e. The number of H-pyrrole nitrogens is 1. The van der Waals surface area contributed by atoms with E-state index < -0.39 is 5.82 Å². The van der Waals surface area contributed by atoms with Gasteiger partial charge in [-0.15, -0.1) is 16.8 Å². The van der Waals surface area contributed by atoms with Gasteiger partial charge < -0.3 is 14.6 Å². The summed E-state index contributed by atoms with van der Waals surface area (Å²) in [6.07, 6.45) is 2.54. The maximum atomic E-state index is 13.9. The molecule has 0 fully saturated rings. The highest BCUT2D eigenvalue weighted by molar-refractivity contribution is 7.99. The van der Waals surface area contributed by atoms with Crippen molar-refractivity contribution in [1.82, 2.24) is 24.6 Å². The minimum atomic E-state index is -0.433. The molecule has 174 valence electrons. The highest BCUT2D eigenvalue weighted by Crippen LogP contribution is 2.28. The third-order valence-electron chi connectivity index (χ3n) is 5.86. The lowest BCUT2D eigenvalue weighted by atomic mass is 10.0. The molecule has 0 radical (unpaired) electrons. The Morgan fingerprint density at radius 2 is 2.03 bits per heavy atom. The third-order valence-corrected chi connectivity index (χ3v) is 6.81. The topological polar surface area (TPSA) is 76.0 Å². The molecular formula is C25H24FN5O2S. The van der Waals surface area contributed by atoms with Gasteiger partial charge in [0.15, 0.2) is 22.5 Å². The van der Waals surface area contributed by atoms with Crippen molar-refractivity contribution in [3.63, 3.8) is 0 Å². The van der Waals surface area contributed by atoms with E-state index in [1.54, 1.807) is 24.3 Å². The lowest BCUT2D eigenvalue weighted by molar-refractivity contribution is -0.129. The molecule has 1 aliphatic heterocycles. The number of hydrogen-bond donors (Lipinski definition) is 1. The molecule has 0 saturated carbocycles. The number of aromatic nitrogens is 4. The van der Waals surface area contributed by atoms with Gasteiger partial charge in [-0.1, -0.05) is 48.2 Å². The summed E-state index contributed by atoms with van der Waals surface area (Å²) >= 11 is 1.33. The lowest BCUT2D eigenvalue weighted by Crippen LogP contribution is -2.37. The maximum absolute atomic E-state index is 13.9. The van der Waals surface area contributed by atoms with Crippen LogP contribution in [0.25, 0.3) is 10.9 Å². The fraction of sp³-hybridized carbons (Fsp3) is 0.240. The molecule has 0 atom stereocenters. The Hall–Kier alpha value is -3.59. The van der Waals surface area contributed by atoms with Gasteiger partial charge in [0.25, 0.3) is 0 Å². The zero-order chi connectivity index (χ0) is 23.5. The summed E-state index contributed by atoms with van der Waals surface area (Å²) in [6.45, 7) is 5.59. The number of nitrogens with one attached hydrogen (secondary N) is 1. The summed E-state index contributed by atoms with van der Waals surface area (Å²) in [6, 6.07) is 14.4. The van der Waals surface area contributed by atoms with E-state index in [0.29, 0.717) is 30.6 Å². The number of allylic oxidation sites excluding steroid dienone is 1. The van der Waals surface area contributed by atoms with E-state index in [1.807, 2.05) is 21.6 Å². The van der Waals surface area contributed by atoms with Crippen molar-refractivity contribution >= 4 is 28.6 Å². The van der Waals surface area contributed by atoms with Crippen LogP contribution in [0.4, 0.5) is 4.39 Å². The number of nitrogens with zero attached hydrogens (tertiary/aromatic N) is 4. The molecular weight excluding hydrogens is 453 g/mol. The number of fused-ring (bicyclic) bond motifs is 3. The first-order chi connectivity index (χ1) is 16.6. The first kappa shape index (κ1) is 22.2. The quantitative estimate of drug-likeness (QED) is 0.302. The Labute approximate surface area is 200 Å². The molecule has 1 aliphatic rings. The zero-order valence-electron chi connectivity index (χ0n) is 18.5. The molecule has 2 aromatic heterocycles. The third kappa shape index (κ3) is 4.43. The van der Waals surface area contributed by atoms with E-state index >= 15 is 0 Å². The Bertz CT molecular complexity index is 1350. The minimum Gasteiger partial charge on any atom is -0.483 e. The van der Waals surface area contributed by atoms with Crippen molar-refractivity contribution in [2.45, 2.75) is 31.3 Å². The number of rotatable bonds is 8. The number of amides is 1. The second-order valence-electron chi connectivity index (χ2n) is 8.00. The van der Waals surface area contributed by atoms with Gasteiger partial charge in [0.05, 0.1) is 5.75 Å². The molecule has 2 aromatic carbocycles. The molecule has 1 N–H and O–H groups in total. The van der Waals surface area contributed by atoms with Gasteiger partial charge in [-0.05, 0) is 18.2 Å². The van der Waals surface area contributed by atoms with Crippen LogP contribution in [-0.2, 0) is 30.9 Å². The van der Waals surface area contributed by atoms with Crippen molar-refractivity contribution in [1.29, 1.82) is 0 Å². The van der Waals surface area contributed by atoms with Crippen LogP contribution in [0, 0.1) is 5.82 Å². The number of carbonyl (C=O) groups is 1. The van der Waals surface area contributed by atoms with Gasteiger partial charge >= 0.3 is 0 Å². The van der Waals surface area contributed by atoms with E-state index in [9.17, 15) is 9.18 Å². The largest absolute Gasteiger partial charge is 0.483 e. The Morgan fingerprint density at radius 1 is 1.21 bits per heavy atom. The molecule has 9 heteroatoms. The number of carbonyl (C=O) groups excluding carboxylic acids is 1. The highest BCUT2D eigenvalue weighted by Gasteiger charge is 2.24. The number of aromatic amines is 1. The van der Waals surface area contributed by atoms with E-state index in [0.717, 1.165) is 11.9 Å². The zero-order valence-corrected chi connectivity index (χ0v) is 19.4. The molecule has 5 rings (SSSR count). The van der Waals surface area contributed by atoms with Crippen LogP contribution in [0.15, 0.2) is 66.3 Å². The first-order valence-corrected chi connectivity index (χ1v) is 12.0. The number of benzene rings is 2. The monoisotopic (exact) mass is 477 g/mol. The first-order valence-electron chi connectivity index (χ1n) is 11.0. The van der Waals surface area contributed by atoms with Gasteiger partial charge in [-0.2, -0.15) is 0 Å². The SMILES string of the molecule is C=CCn1c(COc2ccccc2F)nnc1SCC(=O)N1CCc2[nH]c3ccccc3c2C1. The molecule has 0 bridgehead atoms. The fourth-order valence-corrected chi connectivity index (χ4v) is 5.02.